The molecule has 6 heteroatoms. The van der Waals surface area contributed by atoms with Gasteiger partial charge in [-0.1, -0.05) is 37.3 Å². The lowest BCUT2D eigenvalue weighted by atomic mass is 9.91. The first-order valence-electron chi connectivity index (χ1n) is 8.34. The summed E-state index contributed by atoms with van der Waals surface area (Å²) in [6, 6.07) is 10.0. The van der Waals surface area contributed by atoms with Crippen LogP contribution in [0.5, 0.6) is 0 Å². The van der Waals surface area contributed by atoms with Crippen LogP contribution in [0.15, 0.2) is 30.3 Å². The Labute approximate surface area is 158 Å². The molecule has 24 heavy (non-hydrogen) atoms. The lowest BCUT2D eigenvalue weighted by molar-refractivity contribution is -0.138. The summed E-state index contributed by atoms with van der Waals surface area (Å²) in [6.07, 6.45) is 2.18. The van der Waals surface area contributed by atoms with Crippen molar-refractivity contribution in [2.75, 3.05) is 26.7 Å². The number of carbonyl (C=O) groups is 1. The van der Waals surface area contributed by atoms with Gasteiger partial charge in [0.15, 0.2) is 0 Å². The number of benzene rings is 1. The molecule has 138 valence electrons. The van der Waals surface area contributed by atoms with Crippen molar-refractivity contribution >= 4 is 30.7 Å². The molecule has 3 unspecified atom stereocenters. The van der Waals surface area contributed by atoms with Gasteiger partial charge in [-0.15, -0.1) is 24.8 Å². The first-order valence-corrected chi connectivity index (χ1v) is 8.34. The summed E-state index contributed by atoms with van der Waals surface area (Å²) in [7, 11) is 2.02. The van der Waals surface area contributed by atoms with Crippen LogP contribution in [-0.4, -0.2) is 48.4 Å². The molecule has 0 aliphatic carbocycles. The number of nitrogens with zero attached hydrogens (tertiary/aromatic N) is 2. The number of nitrogens with two attached hydrogens (primary N) is 1. The molecular formula is C18H31Cl2N3O. The monoisotopic (exact) mass is 375 g/mol. The summed E-state index contributed by atoms with van der Waals surface area (Å²) in [4.78, 5) is 17.2. The Bertz CT molecular complexity index is 484. The topological polar surface area (TPSA) is 49.6 Å². The Kier molecular flexibility index (Phi) is 10.6. The molecule has 0 saturated carbocycles. The maximum atomic E-state index is 13.1. The molecule has 2 rings (SSSR count). The van der Waals surface area contributed by atoms with Crippen molar-refractivity contribution in [3.05, 3.63) is 35.9 Å². The van der Waals surface area contributed by atoms with Crippen molar-refractivity contribution < 1.29 is 4.79 Å². The van der Waals surface area contributed by atoms with E-state index >= 15 is 0 Å². The smallest absolute Gasteiger partial charge is 0.244 e. The van der Waals surface area contributed by atoms with Crippen LogP contribution in [0, 0.1) is 5.92 Å². The van der Waals surface area contributed by atoms with E-state index in [2.05, 4.69) is 11.8 Å². The van der Waals surface area contributed by atoms with E-state index in [1.165, 1.54) is 0 Å². The Balaban J connectivity index is 0.00000264. The number of likely N-dealkylation sites (N-methyl/N-ethyl adjacent to an activating group) is 1. The molecule has 0 spiro atoms. The molecule has 1 aromatic rings. The van der Waals surface area contributed by atoms with Crippen LogP contribution in [0.3, 0.4) is 0 Å². The lowest BCUT2D eigenvalue weighted by Crippen LogP contribution is -2.49. The third-order valence-electron chi connectivity index (χ3n) is 4.80. The molecule has 0 bridgehead atoms. The Hall–Kier alpha value is -0.810. The third-order valence-corrected chi connectivity index (χ3v) is 4.80. The zero-order chi connectivity index (χ0) is 16.1. The van der Waals surface area contributed by atoms with Gasteiger partial charge in [0.2, 0.25) is 5.91 Å². The SMILES string of the molecule is CCN(C)C(C(=O)N1CCCC(C(C)N)C1)c1ccccc1.Cl.Cl. The molecule has 3 atom stereocenters. The molecule has 1 amide bonds. The number of halogens is 2. The van der Waals surface area contributed by atoms with Crippen molar-refractivity contribution in [1.29, 1.82) is 0 Å². The molecule has 1 fully saturated rings. The van der Waals surface area contributed by atoms with Crippen molar-refractivity contribution in [1.82, 2.24) is 9.80 Å². The van der Waals surface area contributed by atoms with Gasteiger partial charge in [-0.25, -0.2) is 0 Å². The fourth-order valence-corrected chi connectivity index (χ4v) is 3.22. The summed E-state index contributed by atoms with van der Waals surface area (Å²) in [6.45, 7) is 6.62. The van der Waals surface area contributed by atoms with Gasteiger partial charge in [-0.3, -0.25) is 9.69 Å². The van der Waals surface area contributed by atoms with Crippen LogP contribution in [0.25, 0.3) is 0 Å². The summed E-state index contributed by atoms with van der Waals surface area (Å²) in [5, 5.41) is 0. The highest BCUT2D eigenvalue weighted by molar-refractivity contribution is 5.85. The van der Waals surface area contributed by atoms with Crippen LogP contribution in [0.4, 0.5) is 0 Å². The van der Waals surface area contributed by atoms with Gasteiger partial charge in [0, 0.05) is 19.1 Å². The van der Waals surface area contributed by atoms with Crippen LogP contribution in [0.1, 0.15) is 38.3 Å². The highest BCUT2D eigenvalue weighted by Gasteiger charge is 2.32. The number of hydrogen-bond acceptors (Lipinski definition) is 3. The summed E-state index contributed by atoms with van der Waals surface area (Å²) in [5.74, 6) is 0.627. The average Bonchev–Trinajstić information content (AvgIpc) is 2.55. The minimum atomic E-state index is -0.196. The lowest BCUT2D eigenvalue weighted by Gasteiger charge is -2.38. The quantitative estimate of drug-likeness (QED) is 0.859. The van der Waals surface area contributed by atoms with Gasteiger partial charge in [0.05, 0.1) is 0 Å². The predicted octanol–water partition coefficient (Wildman–Crippen LogP) is 3.11. The molecule has 1 aliphatic heterocycles. The van der Waals surface area contributed by atoms with E-state index in [4.69, 9.17) is 5.73 Å². The van der Waals surface area contributed by atoms with E-state index in [9.17, 15) is 4.79 Å². The van der Waals surface area contributed by atoms with Crippen molar-refractivity contribution in [3.63, 3.8) is 0 Å². The normalized spacial score (nSPS) is 19.9. The van der Waals surface area contributed by atoms with Crippen molar-refractivity contribution in [2.24, 2.45) is 11.7 Å². The van der Waals surface area contributed by atoms with Gasteiger partial charge >= 0.3 is 0 Å². The molecule has 4 nitrogen and oxygen atoms in total. The molecule has 1 heterocycles. The average molecular weight is 376 g/mol. The number of amides is 1. The number of piperidine rings is 1. The molecule has 2 N–H and O–H groups in total. The van der Waals surface area contributed by atoms with E-state index in [0.717, 1.165) is 38.0 Å². The van der Waals surface area contributed by atoms with Crippen molar-refractivity contribution in [2.45, 2.75) is 38.8 Å². The van der Waals surface area contributed by atoms with Crippen LogP contribution in [-0.2, 0) is 4.79 Å². The second-order valence-electron chi connectivity index (χ2n) is 6.43. The Morgan fingerprint density at radius 2 is 1.96 bits per heavy atom. The van der Waals surface area contributed by atoms with E-state index in [1.807, 2.05) is 49.2 Å². The van der Waals surface area contributed by atoms with Gasteiger partial charge in [0.25, 0.3) is 0 Å². The first kappa shape index (κ1) is 23.2. The zero-order valence-corrected chi connectivity index (χ0v) is 16.5. The van der Waals surface area contributed by atoms with Gasteiger partial charge in [-0.05, 0) is 44.8 Å². The van der Waals surface area contributed by atoms with E-state index < -0.39 is 0 Å². The predicted molar refractivity (Wildman–Crippen MR) is 105 cm³/mol. The van der Waals surface area contributed by atoms with E-state index in [-0.39, 0.29) is 42.8 Å². The number of rotatable bonds is 5. The second-order valence-corrected chi connectivity index (χ2v) is 6.43. The Morgan fingerprint density at radius 1 is 1.33 bits per heavy atom. The number of hydrogen-bond donors (Lipinski definition) is 1. The highest BCUT2D eigenvalue weighted by Crippen LogP contribution is 2.26. The summed E-state index contributed by atoms with van der Waals surface area (Å²) < 4.78 is 0. The van der Waals surface area contributed by atoms with E-state index in [1.54, 1.807) is 0 Å². The molecule has 1 saturated heterocycles. The molecular weight excluding hydrogens is 345 g/mol. The zero-order valence-electron chi connectivity index (χ0n) is 14.9. The van der Waals surface area contributed by atoms with Crippen LogP contribution < -0.4 is 5.73 Å². The highest BCUT2D eigenvalue weighted by atomic mass is 35.5. The summed E-state index contributed by atoms with van der Waals surface area (Å²) >= 11 is 0. The minimum Gasteiger partial charge on any atom is -0.341 e. The maximum Gasteiger partial charge on any atom is 0.244 e. The van der Waals surface area contributed by atoms with Crippen LogP contribution >= 0.6 is 24.8 Å². The molecule has 0 aromatic heterocycles. The fraction of sp³-hybridized carbons (Fsp3) is 0.611. The van der Waals surface area contributed by atoms with Crippen molar-refractivity contribution in [3.8, 4) is 0 Å². The molecule has 1 aromatic carbocycles. The maximum absolute atomic E-state index is 13.1. The Morgan fingerprint density at radius 3 is 2.50 bits per heavy atom. The number of carbonyl (C=O) groups excluding carboxylic acids is 1. The first-order chi connectivity index (χ1) is 10.5. The molecule has 0 radical (unpaired) electrons. The minimum absolute atomic E-state index is 0. The van der Waals surface area contributed by atoms with Gasteiger partial charge in [-0.2, -0.15) is 0 Å². The standard InChI is InChI=1S/C18H29N3O.2ClH/c1-4-20(3)17(15-9-6-5-7-10-15)18(22)21-12-8-11-16(13-21)14(2)19;;/h5-7,9-10,14,16-17H,4,8,11-13,19H2,1-3H3;2*1H. The summed E-state index contributed by atoms with van der Waals surface area (Å²) in [5.41, 5.74) is 7.12. The van der Waals surface area contributed by atoms with E-state index in [0.29, 0.717) is 5.92 Å². The van der Waals surface area contributed by atoms with Crippen LogP contribution in [0.2, 0.25) is 0 Å². The van der Waals surface area contributed by atoms with Gasteiger partial charge < -0.3 is 10.6 Å². The number of likely N-dealkylation sites (tertiary alicyclic amines) is 1. The molecule has 1 aliphatic rings. The second kappa shape index (κ2) is 10.9. The third kappa shape index (κ3) is 5.62. The fourth-order valence-electron chi connectivity index (χ4n) is 3.22. The van der Waals surface area contributed by atoms with Gasteiger partial charge in [0.1, 0.15) is 6.04 Å². The largest absolute Gasteiger partial charge is 0.341 e.